The summed E-state index contributed by atoms with van der Waals surface area (Å²) in [6, 6.07) is 10.6. The topological polar surface area (TPSA) is 60.4 Å². The highest BCUT2D eigenvalue weighted by molar-refractivity contribution is 5.93. The van der Waals surface area contributed by atoms with E-state index in [4.69, 9.17) is 15.1 Å². The Balaban J connectivity index is 1.43. The zero-order valence-electron chi connectivity index (χ0n) is 15.9. The first-order chi connectivity index (χ1) is 13.7. The maximum Gasteiger partial charge on any atom is 0.177 e. The van der Waals surface area contributed by atoms with E-state index in [-0.39, 0.29) is 0 Å². The molecule has 0 spiro atoms. The van der Waals surface area contributed by atoms with E-state index < -0.39 is 0 Å². The van der Waals surface area contributed by atoms with Crippen molar-refractivity contribution < 1.29 is 0 Å². The molecule has 0 radical (unpaired) electrons. The van der Waals surface area contributed by atoms with Crippen LogP contribution in [0.1, 0.15) is 47.6 Å². The van der Waals surface area contributed by atoms with Crippen LogP contribution in [0, 0.1) is 13.8 Å². The van der Waals surface area contributed by atoms with Crippen molar-refractivity contribution in [3.63, 3.8) is 0 Å². The third-order valence-electron chi connectivity index (χ3n) is 6.08. The lowest BCUT2D eigenvalue weighted by atomic mass is 9.71. The Morgan fingerprint density at radius 2 is 1.82 bits per heavy atom. The van der Waals surface area contributed by atoms with Gasteiger partial charge in [0.2, 0.25) is 0 Å². The number of fused-ring (bicyclic) bond motifs is 4. The molecule has 2 unspecified atom stereocenters. The highest BCUT2D eigenvalue weighted by Crippen LogP contribution is 2.48. The summed E-state index contributed by atoms with van der Waals surface area (Å²) in [7, 11) is 0. The largest absolute Gasteiger partial charge is 0.306 e. The van der Waals surface area contributed by atoms with Crippen LogP contribution in [0.2, 0.25) is 0 Å². The van der Waals surface area contributed by atoms with Crippen LogP contribution in [-0.2, 0) is 0 Å². The second-order valence-corrected chi connectivity index (χ2v) is 7.78. The quantitative estimate of drug-likeness (QED) is 0.468. The number of rotatable bonds is 2. The maximum atomic E-state index is 5.02. The number of nitrogens with zero attached hydrogens (tertiary/aromatic N) is 6. The minimum atomic E-state index is 0.315. The van der Waals surface area contributed by atoms with E-state index in [0.717, 1.165) is 47.0 Å². The Morgan fingerprint density at radius 3 is 2.64 bits per heavy atom. The normalized spacial score (nSPS) is 19.5. The summed E-state index contributed by atoms with van der Waals surface area (Å²) >= 11 is 0. The first-order valence-electron chi connectivity index (χ1n) is 9.74. The molecule has 1 fully saturated rings. The first kappa shape index (κ1) is 15.7. The molecule has 1 aromatic carbocycles. The Labute approximate surface area is 161 Å². The molecule has 4 heterocycles. The Bertz CT molecular complexity index is 1320. The maximum absolute atomic E-state index is 5.02. The summed E-state index contributed by atoms with van der Waals surface area (Å²) in [6.07, 6.45) is 8.35. The number of hydrogen-bond acceptors (Lipinski definition) is 4. The lowest BCUT2D eigenvalue weighted by Crippen LogP contribution is -2.23. The molecule has 1 saturated carbocycles. The van der Waals surface area contributed by atoms with Crippen LogP contribution < -0.4 is 0 Å². The van der Waals surface area contributed by atoms with Crippen molar-refractivity contribution in [3.8, 4) is 0 Å². The van der Waals surface area contributed by atoms with E-state index in [0.29, 0.717) is 11.8 Å². The van der Waals surface area contributed by atoms with Crippen LogP contribution in [0.3, 0.4) is 0 Å². The number of imidazole rings is 1. The summed E-state index contributed by atoms with van der Waals surface area (Å²) in [6.45, 7) is 4.00. The van der Waals surface area contributed by atoms with E-state index in [2.05, 4.69) is 52.1 Å². The second-order valence-electron chi connectivity index (χ2n) is 7.78. The molecule has 0 aliphatic heterocycles. The van der Waals surface area contributed by atoms with Gasteiger partial charge in [0, 0.05) is 35.8 Å². The predicted molar refractivity (Wildman–Crippen MR) is 108 cm³/mol. The van der Waals surface area contributed by atoms with Crippen molar-refractivity contribution in [2.75, 3.05) is 0 Å². The van der Waals surface area contributed by atoms with Gasteiger partial charge >= 0.3 is 0 Å². The molecule has 1 aliphatic rings. The highest BCUT2D eigenvalue weighted by Gasteiger charge is 2.38. The van der Waals surface area contributed by atoms with Gasteiger partial charge in [-0.05, 0) is 38.1 Å². The lowest BCUT2D eigenvalue weighted by Gasteiger charge is -2.33. The summed E-state index contributed by atoms with van der Waals surface area (Å²) in [5.41, 5.74) is 4.95. The molecule has 0 N–H and O–H groups in total. The lowest BCUT2D eigenvalue weighted by molar-refractivity contribution is 0.327. The number of aromatic nitrogens is 6. The summed E-state index contributed by atoms with van der Waals surface area (Å²) in [4.78, 5) is 14.3. The molecule has 28 heavy (non-hydrogen) atoms. The molecule has 5 aromatic rings. The Kier molecular flexibility index (Phi) is 3.15. The van der Waals surface area contributed by atoms with Gasteiger partial charge in [0.05, 0.1) is 17.1 Å². The molecular weight excluding hydrogens is 348 g/mol. The molecule has 0 saturated heterocycles. The van der Waals surface area contributed by atoms with Gasteiger partial charge in [-0.3, -0.25) is 4.98 Å². The molecule has 0 amide bonds. The number of aryl methyl sites for hydroxylation is 2. The van der Waals surface area contributed by atoms with Crippen LogP contribution >= 0.6 is 0 Å². The van der Waals surface area contributed by atoms with Gasteiger partial charge in [0.15, 0.2) is 11.5 Å². The predicted octanol–water partition coefficient (Wildman–Crippen LogP) is 4.20. The van der Waals surface area contributed by atoms with Gasteiger partial charge in [0.1, 0.15) is 5.65 Å². The summed E-state index contributed by atoms with van der Waals surface area (Å²) < 4.78 is 4.06. The fraction of sp³-hybridized carbons (Fsp3) is 0.273. The molecule has 2 atom stereocenters. The molecule has 6 heteroatoms. The Morgan fingerprint density at radius 1 is 0.964 bits per heavy atom. The van der Waals surface area contributed by atoms with Gasteiger partial charge in [-0.1, -0.05) is 24.3 Å². The van der Waals surface area contributed by atoms with Crippen LogP contribution in [0.15, 0.2) is 48.9 Å². The van der Waals surface area contributed by atoms with Crippen molar-refractivity contribution in [3.05, 3.63) is 71.8 Å². The van der Waals surface area contributed by atoms with E-state index in [1.54, 1.807) is 0 Å². The number of pyridine rings is 1. The number of hydrogen-bond donors (Lipinski definition) is 0. The molecule has 4 aromatic heterocycles. The molecule has 138 valence electrons. The third-order valence-corrected chi connectivity index (χ3v) is 6.08. The van der Waals surface area contributed by atoms with E-state index >= 15 is 0 Å². The zero-order chi connectivity index (χ0) is 18.8. The Hall–Kier alpha value is -3.28. The van der Waals surface area contributed by atoms with Gasteiger partial charge in [-0.2, -0.15) is 5.10 Å². The minimum absolute atomic E-state index is 0.315. The molecule has 1 aliphatic carbocycles. The van der Waals surface area contributed by atoms with Crippen molar-refractivity contribution >= 4 is 22.1 Å². The van der Waals surface area contributed by atoms with Gasteiger partial charge in [-0.15, -0.1) is 0 Å². The van der Waals surface area contributed by atoms with Crippen LogP contribution in [0.4, 0.5) is 0 Å². The second kappa shape index (κ2) is 5.61. The SMILES string of the molecule is Cc1ncc(C)n2nc(C3CCC3c3cn4ccc5ccccc5c4n3)nc12. The van der Waals surface area contributed by atoms with Crippen molar-refractivity contribution in [1.29, 1.82) is 0 Å². The zero-order valence-corrected chi connectivity index (χ0v) is 15.9. The first-order valence-corrected chi connectivity index (χ1v) is 9.74. The van der Waals surface area contributed by atoms with Crippen molar-refractivity contribution in [2.24, 2.45) is 0 Å². The summed E-state index contributed by atoms with van der Waals surface area (Å²) in [5, 5.41) is 7.22. The number of benzene rings is 1. The fourth-order valence-corrected chi connectivity index (χ4v) is 4.34. The van der Waals surface area contributed by atoms with E-state index in [1.807, 2.05) is 24.6 Å². The van der Waals surface area contributed by atoms with Gasteiger partial charge in [0.25, 0.3) is 0 Å². The van der Waals surface area contributed by atoms with Crippen LogP contribution in [-0.4, -0.2) is 29.0 Å². The van der Waals surface area contributed by atoms with E-state index in [9.17, 15) is 0 Å². The van der Waals surface area contributed by atoms with Crippen molar-refractivity contribution in [1.82, 2.24) is 29.0 Å². The smallest absolute Gasteiger partial charge is 0.177 e. The van der Waals surface area contributed by atoms with Crippen LogP contribution in [0.5, 0.6) is 0 Å². The van der Waals surface area contributed by atoms with Gasteiger partial charge < -0.3 is 4.40 Å². The molecular formula is C22H20N6. The average Bonchev–Trinajstić information content (AvgIpc) is 3.29. The standard InChI is InChI=1S/C22H20N6/c1-13-11-23-14(2)21-25-20(26-28(13)21)18-8-7-17(18)19-12-27-10-9-15-5-3-4-6-16(15)22(27)24-19/h3-6,9-12,17-18H,7-8H2,1-2H3. The monoisotopic (exact) mass is 368 g/mol. The van der Waals surface area contributed by atoms with E-state index in [1.165, 1.54) is 10.8 Å². The fourth-order valence-electron chi connectivity index (χ4n) is 4.34. The van der Waals surface area contributed by atoms with Crippen LogP contribution in [0.25, 0.3) is 22.1 Å². The average molecular weight is 368 g/mol. The third kappa shape index (κ3) is 2.14. The molecule has 0 bridgehead atoms. The molecule has 6 rings (SSSR count). The highest BCUT2D eigenvalue weighted by atomic mass is 15.3. The van der Waals surface area contributed by atoms with Gasteiger partial charge in [-0.25, -0.2) is 14.5 Å². The molecule has 6 nitrogen and oxygen atoms in total. The van der Waals surface area contributed by atoms with Crippen molar-refractivity contribution in [2.45, 2.75) is 38.5 Å². The summed E-state index contributed by atoms with van der Waals surface area (Å²) in [5.74, 6) is 1.59. The minimum Gasteiger partial charge on any atom is -0.306 e.